The van der Waals surface area contributed by atoms with Crippen LogP contribution < -0.4 is 15.5 Å². The van der Waals surface area contributed by atoms with Gasteiger partial charge in [-0.15, -0.1) is 0 Å². The molecule has 1 saturated carbocycles. The smallest absolute Gasteiger partial charge is 0.323 e. The number of carbonyl (C=O) groups is 2. The summed E-state index contributed by atoms with van der Waals surface area (Å²) in [6.07, 6.45) is 4.50. The Bertz CT molecular complexity index is 790. The van der Waals surface area contributed by atoms with Crippen molar-refractivity contribution in [2.75, 3.05) is 28.6 Å². The van der Waals surface area contributed by atoms with Gasteiger partial charge in [-0.3, -0.25) is 4.79 Å². The molecule has 190 valence electrons. The molecule has 0 aliphatic heterocycles. The lowest BCUT2D eigenvalue weighted by Crippen LogP contribution is -2.32. The van der Waals surface area contributed by atoms with Crippen LogP contribution >= 0.6 is 0 Å². The number of carboxylic acid groups (broad SMARTS) is 1. The van der Waals surface area contributed by atoms with Gasteiger partial charge in [-0.25, -0.2) is 4.79 Å². The van der Waals surface area contributed by atoms with E-state index in [1.165, 1.54) is 24.8 Å². The highest BCUT2D eigenvalue weighted by atomic mass is 16.3. The van der Waals surface area contributed by atoms with Crippen LogP contribution in [0.25, 0.3) is 0 Å². The summed E-state index contributed by atoms with van der Waals surface area (Å²) < 4.78 is 0. The van der Waals surface area contributed by atoms with E-state index in [9.17, 15) is 4.79 Å². The van der Waals surface area contributed by atoms with E-state index in [-0.39, 0.29) is 12.5 Å². The summed E-state index contributed by atoms with van der Waals surface area (Å²) in [6, 6.07) is 15.6. The van der Waals surface area contributed by atoms with Crippen molar-refractivity contribution in [1.82, 2.24) is 0 Å². The van der Waals surface area contributed by atoms with Crippen LogP contribution in [0.3, 0.4) is 0 Å². The Labute approximate surface area is 206 Å². The number of hydrogen-bond acceptors (Lipinski definition) is 3. The summed E-state index contributed by atoms with van der Waals surface area (Å²) in [5.41, 5.74) is 3.85. The minimum absolute atomic E-state index is 0.227. The number of anilines is 3. The Morgan fingerprint density at radius 2 is 1.38 bits per heavy atom. The Kier molecular flexibility index (Phi) is 16.8. The molecule has 3 rings (SSSR count). The normalized spacial score (nSPS) is 11.0. The lowest BCUT2D eigenvalue weighted by molar-refractivity contribution is -0.122. The molecule has 0 radical (unpaired) electrons. The standard InChI is InChI=1S/C22H31N3O.C3H6.C2H6.CH2O2/c1-16(2)14-25(15-17(3)4)21-9-7-6-8-20(21)24-22(26)23-19-12-10-18(5)11-13-19;1-2-3-1;1-2;2-1-3/h6-13,16-17H,14-15H2,1-5H3,(H2,23,24,26);1-3H2;1-2H3;1H,(H,2,3). The zero-order chi connectivity index (χ0) is 25.9. The molecule has 1 aliphatic rings. The second-order valence-electron chi connectivity index (χ2n) is 8.82. The maximum absolute atomic E-state index is 12.4. The van der Waals surface area contributed by atoms with E-state index in [2.05, 4.69) is 49.3 Å². The fourth-order valence-electron chi connectivity index (χ4n) is 2.93. The van der Waals surface area contributed by atoms with Crippen LogP contribution in [0.5, 0.6) is 0 Å². The summed E-state index contributed by atoms with van der Waals surface area (Å²) in [5, 5.41) is 12.8. The number of rotatable bonds is 7. The van der Waals surface area contributed by atoms with E-state index in [0.717, 1.165) is 30.2 Å². The average Bonchev–Trinajstić information content (AvgIpc) is 3.66. The van der Waals surface area contributed by atoms with E-state index in [1.807, 2.05) is 63.2 Å². The molecule has 0 heterocycles. The van der Waals surface area contributed by atoms with Crippen molar-refractivity contribution in [3.8, 4) is 0 Å². The van der Waals surface area contributed by atoms with Gasteiger partial charge in [0.05, 0.1) is 11.4 Å². The molecule has 6 nitrogen and oxygen atoms in total. The Morgan fingerprint density at radius 1 is 0.912 bits per heavy atom. The zero-order valence-electron chi connectivity index (χ0n) is 22.1. The van der Waals surface area contributed by atoms with E-state index >= 15 is 0 Å². The van der Waals surface area contributed by atoms with Gasteiger partial charge in [0.2, 0.25) is 0 Å². The third kappa shape index (κ3) is 14.9. The molecule has 1 aliphatic carbocycles. The number of nitrogens with zero attached hydrogens (tertiary/aromatic N) is 1. The van der Waals surface area contributed by atoms with Crippen LogP contribution in [0, 0.1) is 18.8 Å². The third-order valence-corrected chi connectivity index (χ3v) is 4.33. The maximum Gasteiger partial charge on any atom is 0.323 e. The van der Waals surface area contributed by atoms with E-state index < -0.39 is 0 Å². The van der Waals surface area contributed by atoms with Crippen molar-refractivity contribution in [2.24, 2.45) is 11.8 Å². The van der Waals surface area contributed by atoms with Gasteiger partial charge < -0.3 is 20.6 Å². The first kappa shape index (κ1) is 31.0. The number of benzene rings is 2. The van der Waals surface area contributed by atoms with Crippen molar-refractivity contribution in [3.63, 3.8) is 0 Å². The fourth-order valence-corrected chi connectivity index (χ4v) is 2.93. The van der Waals surface area contributed by atoms with Crippen molar-refractivity contribution >= 4 is 29.6 Å². The molecule has 34 heavy (non-hydrogen) atoms. The second kappa shape index (κ2) is 18.4. The number of carbonyl (C=O) groups excluding carboxylic acids is 1. The number of urea groups is 1. The third-order valence-electron chi connectivity index (χ3n) is 4.33. The maximum atomic E-state index is 12.4. The fraction of sp³-hybridized carbons (Fsp3) is 0.500. The highest BCUT2D eigenvalue weighted by Crippen LogP contribution is 2.27. The highest BCUT2D eigenvalue weighted by molar-refractivity contribution is 6.01. The van der Waals surface area contributed by atoms with Crippen LogP contribution in [0.2, 0.25) is 0 Å². The first-order valence-electron chi connectivity index (χ1n) is 12.3. The number of para-hydroxylation sites is 2. The van der Waals surface area contributed by atoms with Crippen molar-refractivity contribution < 1.29 is 14.7 Å². The molecular weight excluding hydrogens is 426 g/mol. The molecular formula is C28H45N3O3. The molecule has 0 unspecified atom stereocenters. The zero-order valence-corrected chi connectivity index (χ0v) is 22.1. The van der Waals surface area contributed by atoms with Gasteiger partial charge in [-0.1, -0.05) is 90.6 Å². The summed E-state index contributed by atoms with van der Waals surface area (Å²) in [5.74, 6) is 1.09. The Hall–Kier alpha value is -3.02. The van der Waals surface area contributed by atoms with E-state index in [1.54, 1.807) is 0 Å². The summed E-state index contributed by atoms with van der Waals surface area (Å²) in [4.78, 5) is 23.2. The quantitative estimate of drug-likeness (QED) is 0.362. The Morgan fingerprint density at radius 3 is 1.82 bits per heavy atom. The minimum Gasteiger partial charge on any atom is -0.483 e. The number of hydrogen-bond donors (Lipinski definition) is 3. The molecule has 6 heteroatoms. The molecule has 2 aromatic rings. The largest absolute Gasteiger partial charge is 0.483 e. The second-order valence-corrected chi connectivity index (χ2v) is 8.82. The van der Waals surface area contributed by atoms with E-state index in [0.29, 0.717) is 11.8 Å². The predicted octanol–water partition coefficient (Wildman–Crippen LogP) is 7.65. The SMILES string of the molecule is C1CC1.CC.Cc1ccc(NC(=O)Nc2ccccc2N(CC(C)C)CC(C)C)cc1.O=CO. The molecule has 0 saturated heterocycles. The van der Waals surface area contributed by atoms with Gasteiger partial charge in [-0.05, 0) is 43.0 Å². The highest BCUT2D eigenvalue weighted by Gasteiger charge is 2.15. The van der Waals surface area contributed by atoms with Crippen molar-refractivity contribution in [3.05, 3.63) is 54.1 Å². The van der Waals surface area contributed by atoms with Gasteiger partial charge in [-0.2, -0.15) is 0 Å². The van der Waals surface area contributed by atoms with Crippen molar-refractivity contribution in [1.29, 1.82) is 0 Å². The van der Waals surface area contributed by atoms with Gasteiger partial charge in [0.25, 0.3) is 6.47 Å². The summed E-state index contributed by atoms with van der Waals surface area (Å²) in [6.45, 7) is 16.5. The molecule has 0 bridgehead atoms. The van der Waals surface area contributed by atoms with Crippen LogP contribution in [0.15, 0.2) is 48.5 Å². The number of amides is 2. The summed E-state index contributed by atoms with van der Waals surface area (Å²) >= 11 is 0. The van der Waals surface area contributed by atoms with Crippen LogP contribution in [-0.2, 0) is 4.79 Å². The lowest BCUT2D eigenvalue weighted by atomic mass is 10.1. The number of nitrogens with one attached hydrogen (secondary N) is 2. The molecule has 0 spiro atoms. The van der Waals surface area contributed by atoms with Gasteiger partial charge in [0, 0.05) is 18.8 Å². The van der Waals surface area contributed by atoms with Crippen LogP contribution in [-0.4, -0.2) is 30.7 Å². The number of aryl methyl sites for hydroxylation is 1. The minimum atomic E-state index is -0.250. The van der Waals surface area contributed by atoms with Gasteiger partial charge in [0.1, 0.15) is 0 Å². The molecule has 0 aromatic heterocycles. The topological polar surface area (TPSA) is 81.7 Å². The predicted molar refractivity (Wildman–Crippen MR) is 146 cm³/mol. The average molecular weight is 472 g/mol. The molecule has 2 amide bonds. The molecule has 2 aromatic carbocycles. The van der Waals surface area contributed by atoms with Gasteiger partial charge in [0.15, 0.2) is 0 Å². The lowest BCUT2D eigenvalue weighted by Gasteiger charge is -2.30. The van der Waals surface area contributed by atoms with Gasteiger partial charge >= 0.3 is 6.03 Å². The van der Waals surface area contributed by atoms with Crippen LogP contribution in [0.1, 0.15) is 66.4 Å². The summed E-state index contributed by atoms with van der Waals surface area (Å²) in [7, 11) is 0. The monoisotopic (exact) mass is 471 g/mol. The first-order valence-corrected chi connectivity index (χ1v) is 12.3. The first-order chi connectivity index (χ1) is 16.3. The Balaban J connectivity index is 0.00000118. The van der Waals surface area contributed by atoms with Crippen LogP contribution in [0.4, 0.5) is 21.9 Å². The molecule has 1 fully saturated rings. The van der Waals surface area contributed by atoms with Crippen molar-refractivity contribution in [2.45, 2.75) is 67.7 Å². The molecule has 3 N–H and O–H groups in total. The van der Waals surface area contributed by atoms with E-state index in [4.69, 9.17) is 9.90 Å². The molecule has 0 atom stereocenters.